The summed E-state index contributed by atoms with van der Waals surface area (Å²) in [6.07, 6.45) is 1.97. The van der Waals surface area contributed by atoms with Gasteiger partial charge in [-0.25, -0.2) is 4.98 Å². The van der Waals surface area contributed by atoms with Gasteiger partial charge < -0.3 is 0 Å². The molecule has 2 rings (SSSR count). The Morgan fingerprint density at radius 1 is 1.44 bits per heavy atom. The number of rotatable bonds is 3. The maximum atomic E-state index is 13.4. The van der Waals surface area contributed by atoms with E-state index in [1.54, 1.807) is 12.1 Å². The third kappa shape index (κ3) is 2.38. The largest absolute Gasteiger partial charge is 0.350 e. The summed E-state index contributed by atoms with van der Waals surface area (Å²) in [6, 6.07) is 3.46. The van der Waals surface area contributed by atoms with Crippen molar-refractivity contribution in [2.24, 2.45) is 5.92 Å². The molecule has 0 bridgehead atoms. The zero-order chi connectivity index (χ0) is 13.5. The van der Waals surface area contributed by atoms with Crippen molar-refractivity contribution in [3.63, 3.8) is 0 Å². The van der Waals surface area contributed by atoms with Crippen LogP contribution in [0.5, 0.6) is 0 Å². The van der Waals surface area contributed by atoms with Gasteiger partial charge in [0.25, 0.3) is 0 Å². The van der Waals surface area contributed by atoms with Gasteiger partial charge in [0.2, 0.25) is 0 Å². The van der Waals surface area contributed by atoms with Crippen molar-refractivity contribution >= 4 is 15.9 Å². The van der Waals surface area contributed by atoms with Gasteiger partial charge in [0.15, 0.2) is 5.03 Å². The second-order valence-corrected chi connectivity index (χ2v) is 6.09. The first-order chi connectivity index (χ1) is 8.29. The quantitative estimate of drug-likeness (QED) is 0.805. The smallest absolute Gasteiger partial charge is 0.288 e. The van der Waals surface area contributed by atoms with E-state index in [0.717, 1.165) is 5.56 Å². The molecule has 18 heavy (non-hydrogen) atoms. The fourth-order valence-electron chi connectivity index (χ4n) is 1.95. The van der Waals surface area contributed by atoms with E-state index in [0.29, 0.717) is 12.1 Å². The number of aromatic nitrogens is 2. The van der Waals surface area contributed by atoms with Gasteiger partial charge in [0.1, 0.15) is 5.65 Å². The highest BCUT2D eigenvalue weighted by atomic mass is 32.3. The normalized spacial score (nSPS) is 12.5. The predicted molar refractivity (Wildman–Crippen MR) is 66.8 cm³/mol. The predicted octanol–water partition coefficient (Wildman–Crippen LogP) is 2.50. The SMILES string of the molecule is Cc1ccn2c(S(=O)(=O)F)c(CC(C)C)nc2c1. The van der Waals surface area contributed by atoms with E-state index < -0.39 is 10.2 Å². The summed E-state index contributed by atoms with van der Waals surface area (Å²) in [7, 11) is -4.77. The summed E-state index contributed by atoms with van der Waals surface area (Å²) >= 11 is 0. The first-order valence-electron chi connectivity index (χ1n) is 5.71. The van der Waals surface area contributed by atoms with Gasteiger partial charge in [-0.1, -0.05) is 17.7 Å². The van der Waals surface area contributed by atoms with Gasteiger partial charge >= 0.3 is 10.2 Å². The zero-order valence-corrected chi connectivity index (χ0v) is 11.3. The molecule has 0 amide bonds. The summed E-state index contributed by atoms with van der Waals surface area (Å²) in [4.78, 5) is 4.22. The van der Waals surface area contributed by atoms with Gasteiger partial charge in [0, 0.05) is 6.20 Å². The minimum atomic E-state index is -4.77. The molecule has 98 valence electrons. The van der Waals surface area contributed by atoms with Crippen molar-refractivity contribution in [2.75, 3.05) is 0 Å². The van der Waals surface area contributed by atoms with Crippen molar-refractivity contribution in [3.8, 4) is 0 Å². The minimum Gasteiger partial charge on any atom is -0.288 e. The molecule has 0 aliphatic rings. The Hall–Kier alpha value is -1.43. The molecular formula is C12H15FN2O2S. The first kappa shape index (κ1) is 13.0. The van der Waals surface area contributed by atoms with Crippen molar-refractivity contribution in [1.29, 1.82) is 0 Å². The second kappa shape index (κ2) is 4.35. The number of pyridine rings is 1. The third-order valence-corrected chi connectivity index (χ3v) is 3.53. The highest BCUT2D eigenvalue weighted by Gasteiger charge is 2.24. The molecule has 0 aromatic carbocycles. The molecule has 2 aromatic rings. The van der Waals surface area contributed by atoms with Crippen molar-refractivity contribution in [1.82, 2.24) is 9.38 Å². The van der Waals surface area contributed by atoms with E-state index in [9.17, 15) is 12.3 Å². The average molecular weight is 270 g/mol. The van der Waals surface area contributed by atoms with Crippen LogP contribution in [0.25, 0.3) is 5.65 Å². The number of fused-ring (bicyclic) bond motifs is 1. The molecule has 0 aliphatic heterocycles. The van der Waals surface area contributed by atoms with Crippen LogP contribution in [0, 0.1) is 12.8 Å². The topological polar surface area (TPSA) is 51.4 Å². The Labute approximate surface area is 106 Å². The number of hydrogen-bond acceptors (Lipinski definition) is 3. The van der Waals surface area contributed by atoms with E-state index in [1.165, 1.54) is 10.6 Å². The van der Waals surface area contributed by atoms with Gasteiger partial charge in [-0.05, 0) is 37.0 Å². The van der Waals surface area contributed by atoms with Crippen LogP contribution in [0.1, 0.15) is 25.1 Å². The number of imidazole rings is 1. The monoisotopic (exact) mass is 270 g/mol. The van der Waals surface area contributed by atoms with Gasteiger partial charge in [0.05, 0.1) is 5.69 Å². The molecule has 4 nitrogen and oxygen atoms in total. The Kier molecular flexibility index (Phi) is 3.14. The van der Waals surface area contributed by atoms with Crippen LogP contribution in [0.4, 0.5) is 3.89 Å². The molecule has 0 unspecified atom stereocenters. The van der Waals surface area contributed by atoms with E-state index in [2.05, 4.69) is 4.98 Å². The van der Waals surface area contributed by atoms with Crippen LogP contribution in [0.3, 0.4) is 0 Å². The summed E-state index contributed by atoms with van der Waals surface area (Å²) in [5, 5.41) is -0.341. The van der Waals surface area contributed by atoms with Gasteiger partial charge in [-0.15, -0.1) is 0 Å². The highest BCUT2D eigenvalue weighted by molar-refractivity contribution is 7.86. The first-order valence-corrected chi connectivity index (χ1v) is 7.09. The lowest BCUT2D eigenvalue weighted by atomic mass is 10.1. The molecule has 2 aromatic heterocycles. The summed E-state index contributed by atoms with van der Waals surface area (Å²) in [5.41, 5.74) is 1.70. The van der Waals surface area contributed by atoms with Crippen LogP contribution in [0.2, 0.25) is 0 Å². The Bertz CT molecular complexity index is 689. The molecule has 0 aliphatic carbocycles. The lowest BCUT2D eigenvalue weighted by Crippen LogP contribution is -2.04. The Morgan fingerprint density at radius 3 is 2.67 bits per heavy atom. The maximum absolute atomic E-state index is 13.4. The fraction of sp³-hybridized carbons (Fsp3) is 0.417. The molecule has 0 spiro atoms. The van der Waals surface area contributed by atoms with Gasteiger partial charge in [-0.3, -0.25) is 4.40 Å². The Morgan fingerprint density at radius 2 is 2.11 bits per heavy atom. The number of nitrogens with zero attached hydrogens (tertiary/aromatic N) is 2. The lowest BCUT2D eigenvalue weighted by molar-refractivity contribution is 0.541. The molecule has 0 fully saturated rings. The average Bonchev–Trinajstić information content (AvgIpc) is 2.52. The van der Waals surface area contributed by atoms with E-state index in [4.69, 9.17) is 0 Å². The molecule has 0 saturated heterocycles. The molecule has 6 heteroatoms. The maximum Gasteiger partial charge on any atom is 0.350 e. The van der Waals surface area contributed by atoms with E-state index >= 15 is 0 Å². The summed E-state index contributed by atoms with van der Waals surface area (Å²) in [6.45, 7) is 5.74. The van der Waals surface area contributed by atoms with Crippen LogP contribution >= 0.6 is 0 Å². The minimum absolute atomic E-state index is 0.205. The van der Waals surface area contributed by atoms with E-state index in [-0.39, 0.29) is 16.6 Å². The fourth-order valence-corrected chi connectivity index (χ4v) is 2.75. The van der Waals surface area contributed by atoms with Crippen LogP contribution in [0.15, 0.2) is 23.4 Å². The standard InChI is InChI=1S/C12H15FN2O2S/c1-8(2)6-10-12(18(13,16)17)15-5-4-9(3)7-11(15)14-10/h4-5,7-8H,6H2,1-3H3. The van der Waals surface area contributed by atoms with Crippen molar-refractivity contribution < 1.29 is 12.3 Å². The molecule has 0 atom stereocenters. The number of aryl methyl sites for hydroxylation is 1. The van der Waals surface area contributed by atoms with Crippen molar-refractivity contribution in [2.45, 2.75) is 32.2 Å². The van der Waals surface area contributed by atoms with Crippen LogP contribution in [-0.4, -0.2) is 17.8 Å². The second-order valence-electron chi connectivity index (χ2n) is 4.83. The summed E-state index contributed by atoms with van der Waals surface area (Å²) in [5.74, 6) is 0.205. The number of hydrogen-bond donors (Lipinski definition) is 0. The van der Waals surface area contributed by atoms with Crippen molar-refractivity contribution in [3.05, 3.63) is 29.6 Å². The number of halogens is 1. The molecule has 2 heterocycles. The summed E-state index contributed by atoms with van der Waals surface area (Å²) < 4.78 is 37.2. The van der Waals surface area contributed by atoms with Gasteiger partial charge in [-0.2, -0.15) is 8.42 Å². The lowest BCUT2D eigenvalue weighted by Gasteiger charge is -2.03. The molecular weight excluding hydrogens is 255 g/mol. The van der Waals surface area contributed by atoms with Crippen LogP contribution < -0.4 is 0 Å². The molecule has 0 saturated carbocycles. The zero-order valence-electron chi connectivity index (χ0n) is 10.5. The highest BCUT2D eigenvalue weighted by Crippen LogP contribution is 2.23. The Balaban J connectivity index is 2.76. The van der Waals surface area contributed by atoms with Crippen LogP contribution in [-0.2, 0) is 16.6 Å². The van der Waals surface area contributed by atoms with E-state index in [1.807, 2.05) is 20.8 Å². The third-order valence-electron chi connectivity index (χ3n) is 2.64. The molecule has 0 N–H and O–H groups in total. The molecule has 0 radical (unpaired) electrons.